The molecule has 0 radical (unpaired) electrons. The SMILES string of the molecule is CC1=NN(c2ccccc2)C(=O)C12[C@@H](c1ccc(Cl)cc1)NC(=S)N[C@H]2c1ccc(Cl)cc1. The maximum absolute atomic E-state index is 14.3. The second kappa shape index (κ2) is 8.45. The largest absolute Gasteiger partial charge is 0.354 e. The van der Waals surface area contributed by atoms with E-state index in [1.165, 1.54) is 5.01 Å². The number of carbonyl (C=O) groups excluding carboxylic acids is 1. The summed E-state index contributed by atoms with van der Waals surface area (Å²) in [6.07, 6.45) is 0. The van der Waals surface area contributed by atoms with E-state index in [9.17, 15) is 4.79 Å². The number of rotatable bonds is 3. The fraction of sp³-hybridized carbons (Fsp3) is 0.160. The molecule has 3 aromatic rings. The van der Waals surface area contributed by atoms with E-state index in [-0.39, 0.29) is 5.91 Å². The van der Waals surface area contributed by atoms with Gasteiger partial charge < -0.3 is 10.6 Å². The van der Waals surface area contributed by atoms with Gasteiger partial charge in [-0.25, -0.2) is 0 Å². The molecule has 0 aliphatic carbocycles. The Hall–Kier alpha value is -2.93. The Bertz CT molecular complexity index is 1190. The molecular weight excluding hydrogens is 475 g/mol. The molecule has 2 aliphatic heterocycles. The zero-order valence-corrected chi connectivity index (χ0v) is 20.0. The molecule has 1 saturated heterocycles. The second-order valence-corrected chi connectivity index (χ2v) is 9.37. The van der Waals surface area contributed by atoms with Gasteiger partial charge in [0, 0.05) is 10.0 Å². The summed E-state index contributed by atoms with van der Waals surface area (Å²) in [5.41, 5.74) is 2.08. The first-order chi connectivity index (χ1) is 15.9. The number of carbonyl (C=O) groups is 1. The van der Waals surface area contributed by atoms with Crippen molar-refractivity contribution in [3.63, 3.8) is 0 Å². The van der Waals surface area contributed by atoms with E-state index < -0.39 is 17.5 Å². The summed E-state index contributed by atoms with van der Waals surface area (Å²) in [6, 6.07) is 23.4. The number of nitrogens with one attached hydrogen (secondary N) is 2. The van der Waals surface area contributed by atoms with Gasteiger partial charge in [-0.15, -0.1) is 0 Å². The summed E-state index contributed by atoms with van der Waals surface area (Å²) in [5, 5.41) is 14.6. The highest BCUT2D eigenvalue weighted by Gasteiger charge is 2.62. The molecule has 2 N–H and O–H groups in total. The normalized spacial score (nSPS) is 24.5. The van der Waals surface area contributed by atoms with Gasteiger partial charge >= 0.3 is 0 Å². The average Bonchev–Trinajstić information content (AvgIpc) is 3.08. The van der Waals surface area contributed by atoms with Crippen molar-refractivity contribution in [2.45, 2.75) is 19.0 Å². The summed E-state index contributed by atoms with van der Waals surface area (Å²) in [5.74, 6) is -0.145. The number of hydrazone groups is 1. The maximum atomic E-state index is 14.3. The lowest BCUT2D eigenvalue weighted by atomic mass is 9.65. The highest BCUT2D eigenvalue weighted by molar-refractivity contribution is 7.80. The quantitative estimate of drug-likeness (QED) is 0.461. The Labute approximate surface area is 207 Å². The number of hydrogen-bond acceptors (Lipinski definition) is 3. The van der Waals surface area contributed by atoms with Gasteiger partial charge in [0.15, 0.2) is 5.11 Å². The zero-order valence-electron chi connectivity index (χ0n) is 17.6. The first kappa shape index (κ1) is 21.9. The molecular formula is C25H20Cl2N4OS. The monoisotopic (exact) mass is 494 g/mol. The second-order valence-electron chi connectivity index (χ2n) is 8.09. The lowest BCUT2D eigenvalue weighted by Gasteiger charge is -2.47. The van der Waals surface area contributed by atoms with Crippen LogP contribution in [0.2, 0.25) is 10.0 Å². The summed E-state index contributed by atoms with van der Waals surface area (Å²) in [6.45, 7) is 1.89. The first-order valence-electron chi connectivity index (χ1n) is 10.4. The summed E-state index contributed by atoms with van der Waals surface area (Å²) in [4.78, 5) is 14.3. The average molecular weight is 495 g/mol. The molecule has 5 rings (SSSR count). The lowest BCUT2D eigenvalue weighted by molar-refractivity contribution is -0.126. The van der Waals surface area contributed by atoms with Crippen molar-refractivity contribution in [3.8, 4) is 0 Å². The topological polar surface area (TPSA) is 56.7 Å². The van der Waals surface area contributed by atoms with E-state index >= 15 is 0 Å². The van der Waals surface area contributed by atoms with E-state index in [1.807, 2.05) is 85.8 Å². The number of benzene rings is 3. The van der Waals surface area contributed by atoms with Crippen molar-refractivity contribution in [2.24, 2.45) is 10.5 Å². The Balaban J connectivity index is 1.72. The highest BCUT2D eigenvalue weighted by Crippen LogP contribution is 2.52. The van der Waals surface area contributed by atoms with Gasteiger partial charge in [0.25, 0.3) is 5.91 Å². The number of para-hydroxylation sites is 1. The minimum absolute atomic E-state index is 0.145. The lowest BCUT2D eigenvalue weighted by Crippen LogP contribution is -2.63. The minimum atomic E-state index is -1.08. The standard InChI is InChI=1S/C25H20Cl2N4OS/c1-15-25(23(32)31(30-15)20-5-3-2-4-6-20)21(16-7-11-18(26)12-8-16)28-24(33)29-22(25)17-9-13-19(27)14-10-17/h2-14,21-22H,1H3,(H2,28,29,33)/t21-,22+,25?. The molecule has 3 aromatic carbocycles. The van der Waals surface area contributed by atoms with E-state index in [1.54, 1.807) is 0 Å². The van der Waals surface area contributed by atoms with E-state index in [4.69, 9.17) is 40.5 Å². The molecule has 1 unspecified atom stereocenters. The number of amides is 1. The van der Waals surface area contributed by atoms with Gasteiger partial charge in [0.1, 0.15) is 5.41 Å². The van der Waals surface area contributed by atoms with Crippen LogP contribution < -0.4 is 15.6 Å². The molecule has 5 nitrogen and oxygen atoms in total. The minimum Gasteiger partial charge on any atom is -0.354 e. The predicted octanol–water partition coefficient (Wildman–Crippen LogP) is 5.66. The van der Waals surface area contributed by atoms with Crippen LogP contribution in [0.15, 0.2) is 84.0 Å². The van der Waals surface area contributed by atoms with Crippen LogP contribution in [0.3, 0.4) is 0 Å². The van der Waals surface area contributed by atoms with Gasteiger partial charge in [-0.05, 0) is 66.7 Å². The summed E-state index contributed by atoms with van der Waals surface area (Å²) >= 11 is 17.9. The molecule has 0 aromatic heterocycles. The first-order valence-corrected chi connectivity index (χ1v) is 11.6. The molecule has 1 spiro atoms. The number of thiocarbonyl (C=S) groups is 1. The fourth-order valence-electron chi connectivity index (χ4n) is 4.72. The van der Waals surface area contributed by atoms with Crippen LogP contribution in [0.4, 0.5) is 5.69 Å². The summed E-state index contributed by atoms with van der Waals surface area (Å²) < 4.78 is 0. The van der Waals surface area contributed by atoms with Crippen LogP contribution in [0, 0.1) is 5.41 Å². The zero-order chi connectivity index (χ0) is 23.2. The Morgan fingerprint density at radius 2 is 1.33 bits per heavy atom. The molecule has 1 amide bonds. The van der Waals surface area contributed by atoms with Gasteiger partial charge in [-0.1, -0.05) is 65.7 Å². The third-order valence-corrected chi connectivity index (χ3v) is 7.00. The maximum Gasteiger partial charge on any atom is 0.264 e. The number of anilines is 1. The molecule has 0 saturated carbocycles. The number of halogens is 2. The van der Waals surface area contributed by atoms with Crippen LogP contribution >= 0.6 is 35.4 Å². The number of hydrogen-bond donors (Lipinski definition) is 2. The van der Waals surface area contributed by atoms with E-state index in [0.717, 1.165) is 11.1 Å². The Kier molecular flexibility index (Phi) is 5.60. The van der Waals surface area contributed by atoms with Crippen LogP contribution in [0.1, 0.15) is 30.1 Å². The van der Waals surface area contributed by atoms with Crippen molar-refractivity contribution >= 4 is 57.8 Å². The van der Waals surface area contributed by atoms with Crippen molar-refractivity contribution in [1.82, 2.24) is 10.6 Å². The molecule has 166 valence electrons. The summed E-state index contributed by atoms with van der Waals surface area (Å²) in [7, 11) is 0. The van der Waals surface area contributed by atoms with Crippen molar-refractivity contribution in [2.75, 3.05) is 5.01 Å². The van der Waals surface area contributed by atoms with Crippen molar-refractivity contribution in [1.29, 1.82) is 0 Å². The van der Waals surface area contributed by atoms with E-state index in [2.05, 4.69) is 10.6 Å². The van der Waals surface area contributed by atoms with Crippen LogP contribution in [0.5, 0.6) is 0 Å². The van der Waals surface area contributed by atoms with Crippen molar-refractivity contribution < 1.29 is 4.79 Å². The smallest absolute Gasteiger partial charge is 0.264 e. The molecule has 2 aliphatic rings. The highest BCUT2D eigenvalue weighted by atomic mass is 35.5. The van der Waals surface area contributed by atoms with Crippen LogP contribution in [-0.2, 0) is 4.79 Å². The van der Waals surface area contributed by atoms with Gasteiger partial charge in [-0.2, -0.15) is 10.1 Å². The third-order valence-electron chi connectivity index (χ3n) is 6.26. The Morgan fingerprint density at radius 1 is 0.848 bits per heavy atom. The molecule has 0 bridgehead atoms. The molecule has 2 heterocycles. The number of nitrogens with zero attached hydrogens (tertiary/aromatic N) is 2. The van der Waals surface area contributed by atoms with Gasteiger partial charge in [-0.3, -0.25) is 4.79 Å². The molecule has 8 heteroatoms. The van der Waals surface area contributed by atoms with Gasteiger partial charge in [0.2, 0.25) is 0 Å². The van der Waals surface area contributed by atoms with Crippen molar-refractivity contribution in [3.05, 3.63) is 100 Å². The van der Waals surface area contributed by atoms with Gasteiger partial charge in [0.05, 0.1) is 23.5 Å². The Morgan fingerprint density at radius 3 is 1.82 bits per heavy atom. The predicted molar refractivity (Wildman–Crippen MR) is 137 cm³/mol. The molecule has 33 heavy (non-hydrogen) atoms. The molecule has 3 atom stereocenters. The van der Waals surface area contributed by atoms with E-state index in [0.29, 0.717) is 26.6 Å². The third kappa shape index (κ3) is 3.59. The fourth-order valence-corrected chi connectivity index (χ4v) is 5.21. The van der Waals surface area contributed by atoms with Crippen LogP contribution in [0.25, 0.3) is 0 Å². The van der Waals surface area contributed by atoms with Crippen LogP contribution in [-0.4, -0.2) is 16.7 Å². The molecule has 1 fully saturated rings.